The second kappa shape index (κ2) is 4.03. The molecule has 6 bridgehead atoms. The summed E-state index contributed by atoms with van der Waals surface area (Å²) in [5.74, 6) is -3.89. The van der Waals surface area contributed by atoms with Crippen molar-refractivity contribution >= 4 is 63.5 Å². The summed E-state index contributed by atoms with van der Waals surface area (Å²) in [6, 6.07) is 0. The van der Waals surface area contributed by atoms with Gasteiger partial charge in [-0.15, -0.1) is 0 Å². The molecule has 22 heavy (non-hydrogen) atoms. The van der Waals surface area contributed by atoms with E-state index in [4.69, 9.17) is 24.8 Å². The van der Waals surface area contributed by atoms with Crippen LogP contribution >= 0.6 is 0 Å². The van der Waals surface area contributed by atoms with Crippen molar-refractivity contribution in [2.75, 3.05) is 0 Å². The van der Waals surface area contributed by atoms with Gasteiger partial charge < -0.3 is 0 Å². The van der Waals surface area contributed by atoms with Crippen molar-refractivity contribution in [3.63, 3.8) is 0 Å². The zero-order valence-electron chi connectivity index (χ0n) is 10.0. The number of hydrogen-bond acceptors (Lipinski definition) is 12. The molecule has 0 saturated carbocycles. The van der Waals surface area contributed by atoms with E-state index in [0.29, 0.717) is 0 Å². The minimum absolute atomic E-state index is 0.972. The van der Waals surface area contributed by atoms with Gasteiger partial charge in [-0.05, 0) is 0 Å². The van der Waals surface area contributed by atoms with Crippen molar-refractivity contribution in [2.24, 2.45) is 0 Å². The Morgan fingerprint density at radius 3 is 0.955 bits per heavy atom. The van der Waals surface area contributed by atoms with E-state index in [-0.39, 0.29) is 0 Å². The maximum atomic E-state index is 11.9. The maximum absolute atomic E-state index is 11.9. The molecule has 14 heteroatoms. The molecule has 0 aromatic carbocycles. The third-order valence-electron chi connectivity index (χ3n) is 3.10. The molecule has 0 N–H and O–H groups in total. The summed E-state index contributed by atoms with van der Waals surface area (Å²) >= 11 is -9.50. The fourth-order valence-corrected chi connectivity index (χ4v) is 11.9. The number of rotatable bonds is 0. The first-order valence-electron chi connectivity index (χ1n) is 5.73. The molecule has 120 valence electrons. The van der Waals surface area contributed by atoms with Gasteiger partial charge in [-0.3, -0.25) is 0 Å². The van der Waals surface area contributed by atoms with E-state index in [1.54, 1.807) is 0 Å². The van der Waals surface area contributed by atoms with Crippen molar-refractivity contribution in [1.29, 1.82) is 0 Å². The van der Waals surface area contributed by atoms with Crippen molar-refractivity contribution in [3.05, 3.63) is 0 Å². The standard InChI is InChI=1S/C8H4O12Te2/c9-5-1-2-6(10)18-22(14-2)16-4(8(12)20-22)3-7(11)19-21(13-1,15-3)17-5/h1-4H/t1-,2-,3-,4-/m1/s1. The molecule has 5 saturated heterocycles. The molecule has 12 nitrogen and oxygen atoms in total. The Bertz CT molecular complexity index is 548. The van der Waals surface area contributed by atoms with Crippen LogP contribution in [-0.2, 0) is 44.0 Å². The number of carbonyl (C=O) groups excluding carboxylic acids is 4. The van der Waals surface area contributed by atoms with Crippen LogP contribution in [0.15, 0.2) is 0 Å². The van der Waals surface area contributed by atoms with E-state index in [9.17, 15) is 19.2 Å². The Labute approximate surface area is 131 Å². The van der Waals surface area contributed by atoms with Gasteiger partial charge in [0, 0.05) is 0 Å². The SMILES string of the molecule is O=C1O[Te]23OC(=O)[C@H](O2)[C@H]2O[Te]4(OC(=O)[C@H](O4)[C@H]1O3)OC2=O. The molecule has 0 aliphatic carbocycles. The van der Waals surface area contributed by atoms with Crippen molar-refractivity contribution in [1.82, 2.24) is 0 Å². The molecular weight excluding hydrogens is 543 g/mol. The molecule has 5 aliphatic heterocycles. The van der Waals surface area contributed by atoms with Crippen LogP contribution in [0, 0.1) is 0 Å². The van der Waals surface area contributed by atoms with Gasteiger partial charge in [-0.1, -0.05) is 0 Å². The third-order valence-corrected chi connectivity index (χ3v) is 12.4. The summed E-state index contributed by atoms with van der Waals surface area (Å²) in [5.41, 5.74) is 0. The zero-order chi connectivity index (χ0) is 15.3. The van der Waals surface area contributed by atoms with E-state index in [2.05, 4.69) is 0 Å². The van der Waals surface area contributed by atoms with E-state index < -0.39 is 87.9 Å². The summed E-state index contributed by atoms with van der Waals surface area (Å²) in [6.07, 6.45) is -6.09. The molecule has 5 fully saturated rings. The second-order valence-electron chi connectivity index (χ2n) is 4.49. The molecule has 5 heterocycles. The van der Waals surface area contributed by atoms with Gasteiger partial charge in [0.1, 0.15) is 0 Å². The monoisotopic (exact) mass is 552 g/mol. The first-order valence-corrected chi connectivity index (χ1v) is 13.3. The molecular formula is C8H4O12Te2. The van der Waals surface area contributed by atoms with E-state index in [1.807, 2.05) is 0 Å². The van der Waals surface area contributed by atoms with Crippen molar-refractivity contribution in [3.8, 4) is 0 Å². The summed E-state index contributed by atoms with van der Waals surface area (Å²) in [6.45, 7) is 0. The van der Waals surface area contributed by atoms with Crippen LogP contribution in [0.2, 0.25) is 0 Å². The van der Waals surface area contributed by atoms with E-state index in [1.165, 1.54) is 0 Å². The van der Waals surface area contributed by atoms with Crippen LogP contribution in [0.1, 0.15) is 0 Å². The molecule has 4 atom stereocenters. The molecule has 0 radical (unpaired) electrons. The van der Waals surface area contributed by atoms with Crippen LogP contribution in [-0.4, -0.2) is 87.9 Å². The van der Waals surface area contributed by atoms with Crippen molar-refractivity contribution in [2.45, 2.75) is 24.4 Å². The number of carbonyl (C=O) groups is 4. The fourth-order valence-electron chi connectivity index (χ4n) is 2.19. The average Bonchev–Trinajstić information content (AvgIpc) is 3.09. The number of hydrogen-bond donors (Lipinski definition) is 0. The minimum atomic E-state index is -4.75. The van der Waals surface area contributed by atoms with Gasteiger partial charge in [0.05, 0.1) is 0 Å². The first kappa shape index (κ1) is 13.7. The Morgan fingerprint density at radius 2 is 0.727 bits per heavy atom. The van der Waals surface area contributed by atoms with Crippen LogP contribution < -0.4 is 0 Å². The number of fused-ring (bicyclic) bond motifs is 6. The quantitative estimate of drug-likeness (QED) is 0.280. The molecule has 0 aromatic heterocycles. The zero-order valence-corrected chi connectivity index (χ0v) is 14.7. The second-order valence-corrected chi connectivity index (χ2v) is 13.3. The van der Waals surface area contributed by atoms with Crippen LogP contribution in [0.3, 0.4) is 0 Å². The van der Waals surface area contributed by atoms with Gasteiger partial charge in [0.2, 0.25) is 0 Å². The Kier molecular flexibility index (Phi) is 2.51. The molecule has 0 aromatic rings. The van der Waals surface area contributed by atoms with Crippen LogP contribution in [0.25, 0.3) is 0 Å². The average molecular weight is 547 g/mol. The molecule has 5 rings (SSSR count). The molecule has 5 aliphatic rings. The summed E-state index contributed by atoms with van der Waals surface area (Å²) < 4.78 is 40.9. The van der Waals surface area contributed by atoms with Gasteiger partial charge in [0.25, 0.3) is 0 Å². The van der Waals surface area contributed by atoms with Gasteiger partial charge >= 0.3 is 132 Å². The predicted molar refractivity (Wildman–Crippen MR) is 55.4 cm³/mol. The summed E-state index contributed by atoms with van der Waals surface area (Å²) in [4.78, 5) is 47.6. The fraction of sp³-hybridized carbons (Fsp3) is 0.500. The Morgan fingerprint density at radius 1 is 0.500 bits per heavy atom. The van der Waals surface area contributed by atoms with Gasteiger partial charge in [0.15, 0.2) is 0 Å². The molecule has 2 spiro atoms. The van der Waals surface area contributed by atoms with Crippen molar-refractivity contribution < 1.29 is 44.0 Å². The molecule has 0 unspecified atom stereocenters. The normalized spacial score (nSPS) is 57.1. The summed E-state index contributed by atoms with van der Waals surface area (Å²) in [7, 11) is 0. The van der Waals surface area contributed by atoms with Gasteiger partial charge in [-0.25, -0.2) is 0 Å². The Hall–Kier alpha value is -0.701. The third kappa shape index (κ3) is 1.61. The summed E-state index contributed by atoms with van der Waals surface area (Å²) in [5, 5.41) is 0. The van der Waals surface area contributed by atoms with E-state index in [0.717, 1.165) is 0 Å². The van der Waals surface area contributed by atoms with Crippen LogP contribution in [0.5, 0.6) is 0 Å². The van der Waals surface area contributed by atoms with Crippen LogP contribution in [0.4, 0.5) is 0 Å². The Balaban J connectivity index is 1.66. The predicted octanol–water partition coefficient (Wildman–Crippen LogP) is -3.36. The molecule has 0 amide bonds. The van der Waals surface area contributed by atoms with Gasteiger partial charge in [-0.2, -0.15) is 0 Å². The van der Waals surface area contributed by atoms with E-state index >= 15 is 0 Å². The topological polar surface area (TPSA) is 142 Å². The first-order chi connectivity index (χ1) is 10.4.